The van der Waals surface area contributed by atoms with Crippen molar-refractivity contribution in [2.24, 2.45) is 5.41 Å². The minimum absolute atomic E-state index is 0.0393. The van der Waals surface area contributed by atoms with Crippen molar-refractivity contribution in [3.63, 3.8) is 0 Å². The third-order valence-corrected chi connectivity index (χ3v) is 6.08. The van der Waals surface area contributed by atoms with Gasteiger partial charge in [0, 0.05) is 38.4 Å². The number of hydroxylamine groups is 2. The number of hydrogen-bond acceptors (Lipinski definition) is 5. The van der Waals surface area contributed by atoms with Crippen LogP contribution in [0, 0.1) is 5.41 Å². The Morgan fingerprint density at radius 1 is 1.12 bits per heavy atom. The quantitative estimate of drug-likeness (QED) is 0.699. The van der Waals surface area contributed by atoms with Crippen LogP contribution >= 0.6 is 0 Å². The third-order valence-electron chi connectivity index (χ3n) is 6.08. The number of para-hydroxylation sites is 1. The summed E-state index contributed by atoms with van der Waals surface area (Å²) in [4.78, 5) is 33.5. The van der Waals surface area contributed by atoms with Crippen LogP contribution in [0.5, 0.6) is 0 Å². The molecule has 142 valence electrons. The minimum atomic E-state index is -0.389. The van der Waals surface area contributed by atoms with Crippen LogP contribution in [0.4, 0.5) is 5.69 Å². The summed E-state index contributed by atoms with van der Waals surface area (Å²) < 4.78 is 0. The summed E-state index contributed by atoms with van der Waals surface area (Å²) >= 11 is 0. The van der Waals surface area contributed by atoms with E-state index in [4.69, 9.17) is 4.84 Å². The maximum Gasteiger partial charge on any atom is 0.320 e. The molecular weight excluding hydrogens is 330 g/mol. The van der Waals surface area contributed by atoms with Crippen molar-refractivity contribution in [2.45, 2.75) is 39.2 Å². The van der Waals surface area contributed by atoms with Gasteiger partial charge in [0.25, 0.3) is 5.91 Å². The molecule has 2 fully saturated rings. The van der Waals surface area contributed by atoms with E-state index in [1.54, 1.807) is 0 Å². The Morgan fingerprint density at radius 2 is 1.77 bits per heavy atom. The van der Waals surface area contributed by atoms with Gasteiger partial charge in [0.2, 0.25) is 0 Å². The Hall–Kier alpha value is -2.08. The average molecular weight is 359 g/mol. The number of amides is 1. The normalized spacial score (nSPS) is 23.3. The summed E-state index contributed by atoms with van der Waals surface area (Å²) in [6, 6.07) is 10.4. The molecule has 0 aliphatic carbocycles. The van der Waals surface area contributed by atoms with E-state index in [1.807, 2.05) is 19.9 Å². The first-order valence-corrected chi connectivity index (χ1v) is 9.60. The molecule has 0 radical (unpaired) electrons. The number of carbonyl (C=O) groups excluding carboxylic acids is 2. The van der Waals surface area contributed by atoms with Crippen LogP contribution in [0.15, 0.2) is 30.3 Å². The van der Waals surface area contributed by atoms with Crippen LogP contribution < -0.4 is 4.90 Å². The van der Waals surface area contributed by atoms with Gasteiger partial charge in [0.1, 0.15) is 0 Å². The van der Waals surface area contributed by atoms with Crippen LogP contribution in [-0.2, 0) is 14.4 Å². The van der Waals surface area contributed by atoms with E-state index in [-0.39, 0.29) is 17.4 Å². The van der Waals surface area contributed by atoms with Gasteiger partial charge in [0.15, 0.2) is 0 Å². The molecule has 3 rings (SSSR count). The predicted octanol–water partition coefficient (Wildman–Crippen LogP) is 2.30. The van der Waals surface area contributed by atoms with Gasteiger partial charge in [-0.15, -0.1) is 0 Å². The summed E-state index contributed by atoms with van der Waals surface area (Å²) in [5.74, 6) is -0.0393. The summed E-state index contributed by atoms with van der Waals surface area (Å²) in [6.07, 6.45) is 2.31. The van der Waals surface area contributed by atoms with Crippen molar-refractivity contribution in [2.75, 3.05) is 37.6 Å². The molecule has 0 aromatic heterocycles. The zero-order valence-electron chi connectivity index (χ0n) is 15.8. The molecule has 2 aliphatic rings. The van der Waals surface area contributed by atoms with E-state index in [9.17, 15) is 9.59 Å². The molecular formula is C20H29N3O3. The number of piperazine rings is 1. The molecule has 0 bridgehead atoms. The zero-order chi connectivity index (χ0) is 18.6. The first-order chi connectivity index (χ1) is 12.6. The molecule has 2 saturated heterocycles. The van der Waals surface area contributed by atoms with Gasteiger partial charge in [-0.05, 0) is 31.4 Å². The van der Waals surface area contributed by atoms with Crippen LogP contribution in [-0.4, -0.2) is 61.1 Å². The summed E-state index contributed by atoms with van der Waals surface area (Å²) in [5, 5.41) is 1.34. The first-order valence-electron chi connectivity index (χ1n) is 9.60. The largest absolute Gasteiger partial charge is 0.369 e. The molecule has 2 heterocycles. The molecule has 6 heteroatoms. The standard InChI is InChI=1S/C20H29N3O3/c1-3-20(4-2)14-18(23(19(20)25)26-16-24)15-21-10-12-22(13-11-21)17-8-6-5-7-9-17/h5-9,16,18H,3-4,10-15H2,1-2H3. The van der Waals surface area contributed by atoms with E-state index in [1.165, 1.54) is 10.8 Å². The molecule has 0 saturated carbocycles. The molecule has 1 unspecified atom stereocenters. The van der Waals surface area contributed by atoms with E-state index < -0.39 is 0 Å². The van der Waals surface area contributed by atoms with E-state index in [2.05, 4.69) is 34.1 Å². The second-order valence-electron chi connectivity index (χ2n) is 7.30. The lowest BCUT2D eigenvalue weighted by atomic mass is 9.79. The number of carbonyl (C=O) groups is 2. The fourth-order valence-electron chi connectivity index (χ4n) is 4.31. The lowest BCUT2D eigenvalue weighted by molar-refractivity contribution is -0.192. The Morgan fingerprint density at radius 3 is 2.35 bits per heavy atom. The molecule has 26 heavy (non-hydrogen) atoms. The van der Waals surface area contributed by atoms with Crippen molar-refractivity contribution < 1.29 is 14.4 Å². The molecule has 0 spiro atoms. The molecule has 0 N–H and O–H groups in total. The topological polar surface area (TPSA) is 53.1 Å². The highest BCUT2D eigenvalue weighted by molar-refractivity contribution is 5.85. The number of hydrogen-bond donors (Lipinski definition) is 0. The van der Waals surface area contributed by atoms with Crippen LogP contribution in [0.1, 0.15) is 33.1 Å². The average Bonchev–Trinajstić information content (AvgIpc) is 2.95. The predicted molar refractivity (Wildman–Crippen MR) is 101 cm³/mol. The highest BCUT2D eigenvalue weighted by Crippen LogP contribution is 2.42. The fourth-order valence-corrected chi connectivity index (χ4v) is 4.31. The first kappa shape index (κ1) is 18.7. The number of benzene rings is 1. The molecule has 1 aromatic carbocycles. The van der Waals surface area contributed by atoms with Crippen molar-refractivity contribution in [3.05, 3.63) is 30.3 Å². The Labute approximate surface area is 155 Å². The smallest absolute Gasteiger partial charge is 0.320 e. The maximum atomic E-state index is 12.8. The lowest BCUT2D eigenvalue weighted by Gasteiger charge is -2.37. The van der Waals surface area contributed by atoms with Crippen molar-refractivity contribution >= 4 is 18.1 Å². The van der Waals surface area contributed by atoms with Gasteiger partial charge in [-0.3, -0.25) is 14.5 Å². The van der Waals surface area contributed by atoms with E-state index >= 15 is 0 Å². The summed E-state index contributed by atoms with van der Waals surface area (Å²) in [7, 11) is 0. The second-order valence-corrected chi connectivity index (χ2v) is 7.30. The fraction of sp³-hybridized carbons (Fsp3) is 0.600. The lowest BCUT2D eigenvalue weighted by Crippen LogP contribution is -2.50. The second kappa shape index (κ2) is 8.08. The van der Waals surface area contributed by atoms with Gasteiger partial charge in [-0.2, -0.15) is 5.06 Å². The Balaban J connectivity index is 1.61. The summed E-state index contributed by atoms with van der Waals surface area (Å²) in [6.45, 7) is 9.03. The van der Waals surface area contributed by atoms with E-state index in [0.717, 1.165) is 52.0 Å². The van der Waals surface area contributed by atoms with Gasteiger partial charge in [-0.25, -0.2) is 0 Å². The van der Waals surface area contributed by atoms with Crippen LogP contribution in [0.2, 0.25) is 0 Å². The third kappa shape index (κ3) is 3.56. The van der Waals surface area contributed by atoms with Gasteiger partial charge >= 0.3 is 6.47 Å². The molecule has 1 amide bonds. The number of anilines is 1. The van der Waals surface area contributed by atoms with Crippen LogP contribution in [0.3, 0.4) is 0 Å². The Kier molecular flexibility index (Phi) is 5.81. The molecule has 1 aromatic rings. The zero-order valence-corrected chi connectivity index (χ0v) is 15.8. The highest BCUT2D eigenvalue weighted by Gasteiger charge is 2.51. The van der Waals surface area contributed by atoms with Gasteiger partial charge in [0.05, 0.1) is 11.5 Å². The van der Waals surface area contributed by atoms with Crippen molar-refractivity contribution in [3.8, 4) is 0 Å². The van der Waals surface area contributed by atoms with E-state index in [0.29, 0.717) is 6.47 Å². The molecule has 6 nitrogen and oxygen atoms in total. The van der Waals surface area contributed by atoms with Gasteiger partial charge < -0.3 is 9.74 Å². The monoisotopic (exact) mass is 359 g/mol. The summed E-state index contributed by atoms with van der Waals surface area (Å²) in [5.41, 5.74) is 0.865. The van der Waals surface area contributed by atoms with Crippen LogP contribution in [0.25, 0.3) is 0 Å². The molecule has 1 atom stereocenters. The van der Waals surface area contributed by atoms with Crippen molar-refractivity contribution in [1.82, 2.24) is 9.96 Å². The molecule has 2 aliphatic heterocycles. The number of rotatable bonds is 7. The number of nitrogens with zero attached hydrogens (tertiary/aromatic N) is 3. The van der Waals surface area contributed by atoms with Gasteiger partial charge in [-0.1, -0.05) is 32.0 Å². The van der Waals surface area contributed by atoms with Crippen molar-refractivity contribution in [1.29, 1.82) is 0 Å². The Bertz CT molecular complexity index is 610. The minimum Gasteiger partial charge on any atom is -0.369 e. The maximum absolute atomic E-state index is 12.8. The SMILES string of the molecule is CCC1(CC)CC(CN2CCN(c3ccccc3)CC2)N(OC=O)C1=O. The highest BCUT2D eigenvalue weighted by atomic mass is 16.7.